The average Bonchev–Trinajstić information content (AvgIpc) is 2.28. The minimum atomic E-state index is 0.251. The Morgan fingerprint density at radius 3 is 2.88 bits per heavy atom. The van der Waals surface area contributed by atoms with Crippen molar-refractivity contribution in [3.05, 3.63) is 23.3 Å². The van der Waals surface area contributed by atoms with E-state index in [0.29, 0.717) is 11.8 Å². The number of hydrogen-bond acceptors (Lipinski definition) is 3. The second-order valence-electron chi connectivity index (χ2n) is 4.38. The van der Waals surface area contributed by atoms with Gasteiger partial charge in [-0.25, -0.2) is 0 Å². The molecule has 0 aromatic heterocycles. The lowest BCUT2D eigenvalue weighted by Crippen LogP contribution is -2.31. The molecule has 0 saturated heterocycles. The molecular formula is C13H19NO2. The van der Waals surface area contributed by atoms with E-state index in [4.69, 9.17) is 4.74 Å². The SMILES string of the molecule is CC[C@H]1c2cc(OC)c(O)cc2CCN1C. The van der Waals surface area contributed by atoms with Crippen LogP contribution in [0.4, 0.5) is 0 Å². The highest BCUT2D eigenvalue weighted by Crippen LogP contribution is 2.37. The zero-order chi connectivity index (χ0) is 11.7. The Bertz CT molecular complexity index is 390. The number of methoxy groups -OCH3 is 1. The molecule has 1 N–H and O–H groups in total. The minimum Gasteiger partial charge on any atom is -0.504 e. The Morgan fingerprint density at radius 2 is 2.25 bits per heavy atom. The molecule has 0 amide bonds. The highest BCUT2D eigenvalue weighted by Gasteiger charge is 2.24. The first kappa shape index (κ1) is 11.3. The number of ether oxygens (including phenoxy) is 1. The highest BCUT2D eigenvalue weighted by atomic mass is 16.5. The molecule has 1 aromatic rings. The first-order valence-electron chi connectivity index (χ1n) is 5.77. The number of likely N-dealkylation sites (N-methyl/N-ethyl adjacent to an activating group) is 1. The van der Waals surface area contributed by atoms with Gasteiger partial charge in [0.25, 0.3) is 0 Å². The number of benzene rings is 1. The molecule has 3 nitrogen and oxygen atoms in total. The molecule has 0 aliphatic carbocycles. The first-order valence-corrected chi connectivity index (χ1v) is 5.77. The second-order valence-corrected chi connectivity index (χ2v) is 4.38. The summed E-state index contributed by atoms with van der Waals surface area (Å²) >= 11 is 0. The lowest BCUT2D eigenvalue weighted by molar-refractivity contribution is 0.224. The lowest BCUT2D eigenvalue weighted by atomic mass is 9.91. The van der Waals surface area contributed by atoms with Gasteiger partial charge in [0.1, 0.15) is 0 Å². The maximum atomic E-state index is 9.75. The molecule has 3 heteroatoms. The molecule has 0 unspecified atom stereocenters. The predicted molar refractivity (Wildman–Crippen MR) is 64.0 cm³/mol. The Morgan fingerprint density at radius 1 is 1.50 bits per heavy atom. The van der Waals surface area contributed by atoms with Gasteiger partial charge in [-0.2, -0.15) is 0 Å². The van der Waals surface area contributed by atoms with Gasteiger partial charge >= 0.3 is 0 Å². The molecule has 1 atom stereocenters. The van der Waals surface area contributed by atoms with E-state index < -0.39 is 0 Å². The van der Waals surface area contributed by atoms with Crippen LogP contribution in [0.3, 0.4) is 0 Å². The van der Waals surface area contributed by atoms with Gasteiger partial charge in [0.05, 0.1) is 7.11 Å². The van der Waals surface area contributed by atoms with E-state index in [1.165, 1.54) is 11.1 Å². The molecule has 0 spiro atoms. The van der Waals surface area contributed by atoms with Gasteiger partial charge in [-0.15, -0.1) is 0 Å². The third-order valence-electron chi connectivity index (χ3n) is 3.45. The minimum absolute atomic E-state index is 0.251. The van der Waals surface area contributed by atoms with Gasteiger partial charge in [0.2, 0.25) is 0 Å². The second kappa shape index (κ2) is 4.34. The molecule has 1 aromatic carbocycles. The normalized spacial score (nSPS) is 20.6. The Hall–Kier alpha value is -1.22. The number of hydrogen-bond donors (Lipinski definition) is 1. The number of rotatable bonds is 2. The van der Waals surface area contributed by atoms with Gasteiger partial charge in [-0.3, -0.25) is 4.90 Å². The van der Waals surface area contributed by atoms with E-state index in [2.05, 4.69) is 18.9 Å². The van der Waals surface area contributed by atoms with Crippen LogP contribution >= 0.6 is 0 Å². The molecule has 16 heavy (non-hydrogen) atoms. The fourth-order valence-electron chi connectivity index (χ4n) is 2.54. The van der Waals surface area contributed by atoms with E-state index in [0.717, 1.165) is 19.4 Å². The summed E-state index contributed by atoms with van der Waals surface area (Å²) in [5.41, 5.74) is 2.55. The van der Waals surface area contributed by atoms with E-state index >= 15 is 0 Å². The molecule has 1 aliphatic rings. The van der Waals surface area contributed by atoms with E-state index in [1.54, 1.807) is 7.11 Å². The van der Waals surface area contributed by atoms with Crippen LogP contribution in [0.25, 0.3) is 0 Å². The first-order chi connectivity index (χ1) is 7.67. The fraction of sp³-hybridized carbons (Fsp3) is 0.538. The molecule has 0 fully saturated rings. The molecule has 88 valence electrons. The Labute approximate surface area is 96.6 Å². The lowest BCUT2D eigenvalue weighted by Gasteiger charge is -2.34. The summed E-state index contributed by atoms with van der Waals surface area (Å²) in [4.78, 5) is 2.36. The van der Waals surface area contributed by atoms with Crippen molar-refractivity contribution in [1.82, 2.24) is 4.90 Å². The molecule has 0 bridgehead atoms. The van der Waals surface area contributed by atoms with Crippen molar-refractivity contribution in [2.75, 3.05) is 20.7 Å². The van der Waals surface area contributed by atoms with Gasteiger partial charge < -0.3 is 9.84 Å². The number of fused-ring (bicyclic) bond motifs is 1. The number of aromatic hydroxyl groups is 1. The van der Waals surface area contributed by atoms with Gasteiger partial charge in [-0.1, -0.05) is 6.92 Å². The highest BCUT2D eigenvalue weighted by molar-refractivity contribution is 5.48. The summed E-state index contributed by atoms with van der Waals surface area (Å²) in [5, 5.41) is 9.75. The largest absolute Gasteiger partial charge is 0.504 e. The van der Waals surface area contributed by atoms with Crippen LogP contribution in [0.5, 0.6) is 11.5 Å². The zero-order valence-corrected chi connectivity index (χ0v) is 10.2. The van der Waals surface area contributed by atoms with Crippen LogP contribution in [-0.2, 0) is 6.42 Å². The van der Waals surface area contributed by atoms with Crippen molar-refractivity contribution >= 4 is 0 Å². The number of nitrogens with zero attached hydrogens (tertiary/aromatic N) is 1. The van der Waals surface area contributed by atoms with E-state index in [9.17, 15) is 5.11 Å². The Kier molecular flexibility index (Phi) is 3.06. The van der Waals surface area contributed by atoms with Crippen LogP contribution in [0.2, 0.25) is 0 Å². The third kappa shape index (κ3) is 1.76. The van der Waals surface area contributed by atoms with Gasteiger partial charge in [0, 0.05) is 12.6 Å². The molecule has 2 rings (SSSR count). The number of phenolic OH excluding ortho intramolecular Hbond substituents is 1. The average molecular weight is 221 g/mol. The predicted octanol–water partition coefficient (Wildman–Crippen LogP) is 2.34. The Balaban J connectivity index is 2.48. The van der Waals surface area contributed by atoms with Crippen LogP contribution in [0.15, 0.2) is 12.1 Å². The van der Waals surface area contributed by atoms with Crippen molar-refractivity contribution in [2.24, 2.45) is 0 Å². The summed E-state index contributed by atoms with van der Waals surface area (Å²) in [6.45, 7) is 3.24. The maximum absolute atomic E-state index is 9.75. The maximum Gasteiger partial charge on any atom is 0.160 e. The summed E-state index contributed by atoms with van der Waals surface area (Å²) in [6, 6.07) is 4.27. The van der Waals surface area contributed by atoms with Crippen molar-refractivity contribution in [1.29, 1.82) is 0 Å². The van der Waals surface area contributed by atoms with Crippen molar-refractivity contribution in [3.63, 3.8) is 0 Å². The quantitative estimate of drug-likeness (QED) is 0.832. The summed E-state index contributed by atoms with van der Waals surface area (Å²) in [7, 11) is 3.74. The van der Waals surface area contributed by atoms with Crippen molar-refractivity contribution in [2.45, 2.75) is 25.8 Å². The van der Waals surface area contributed by atoms with E-state index in [-0.39, 0.29) is 5.75 Å². The van der Waals surface area contributed by atoms with Crippen LogP contribution < -0.4 is 4.74 Å². The number of phenols is 1. The smallest absolute Gasteiger partial charge is 0.160 e. The summed E-state index contributed by atoms with van der Waals surface area (Å²) in [5.74, 6) is 0.827. The van der Waals surface area contributed by atoms with E-state index in [1.807, 2.05) is 12.1 Å². The molecule has 0 radical (unpaired) electrons. The third-order valence-corrected chi connectivity index (χ3v) is 3.45. The fourth-order valence-corrected chi connectivity index (χ4v) is 2.54. The molecule has 1 heterocycles. The molecule has 0 saturated carbocycles. The summed E-state index contributed by atoms with van der Waals surface area (Å²) < 4.78 is 5.17. The van der Waals surface area contributed by atoms with Crippen LogP contribution in [0.1, 0.15) is 30.5 Å². The van der Waals surface area contributed by atoms with Crippen LogP contribution in [-0.4, -0.2) is 30.7 Å². The van der Waals surface area contributed by atoms with Gasteiger partial charge in [0.15, 0.2) is 11.5 Å². The van der Waals surface area contributed by atoms with Crippen LogP contribution in [0, 0.1) is 0 Å². The topological polar surface area (TPSA) is 32.7 Å². The van der Waals surface area contributed by atoms with Crippen molar-refractivity contribution in [3.8, 4) is 11.5 Å². The zero-order valence-electron chi connectivity index (χ0n) is 10.2. The summed E-state index contributed by atoms with van der Waals surface area (Å²) in [6.07, 6.45) is 2.08. The van der Waals surface area contributed by atoms with Crippen molar-refractivity contribution < 1.29 is 9.84 Å². The monoisotopic (exact) mass is 221 g/mol. The van der Waals surface area contributed by atoms with Gasteiger partial charge in [-0.05, 0) is 43.1 Å². The molecular weight excluding hydrogens is 202 g/mol. The molecule has 1 aliphatic heterocycles. The standard InChI is InChI=1S/C13H19NO2/c1-4-11-10-8-13(16-3)12(15)7-9(10)5-6-14(11)2/h7-8,11,15H,4-6H2,1-3H3/t11-/m0/s1.